The van der Waals surface area contributed by atoms with E-state index in [2.05, 4.69) is 0 Å². The van der Waals surface area contributed by atoms with Crippen LogP contribution in [0.4, 0.5) is 0 Å². The normalized spacial score (nSPS) is 21.5. The largest absolute Gasteiger partial charge is 0.391 e. The third kappa shape index (κ3) is 4.92. The van der Waals surface area contributed by atoms with Crippen LogP contribution in [0.1, 0.15) is 12.0 Å². The number of hydrogen-bond acceptors (Lipinski definition) is 4. The number of nitrogens with zero attached hydrogens (tertiary/aromatic N) is 2. The Labute approximate surface area is 148 Å². The summed E-state index contributed by atoms with van der Waals surface area (Å²) in [5.74, 6) is -0.673. The number of benzene rings is 1. The van der Waals surface area contributed by atoms with Crippen LogP contribution in [0.15, 0.2) is 24.3 Å². The maximum Gasteiger partial charge on any atom is 0.223 e. The minimum Gasteiger partial charge on any atom is -0.391 e. The molecule has 0 radical (unpaired) electrons. The Morgan fingerprint density at radius 1 is 1.29 bits per heavy atom. The van der Waals surface area contributed by atoms with Crippen molar-refractivity contribution < 1.29 is 18.3 Å². The van der Waals surface area contributed by atoms with Gasteiger partial charge in [-0.2, -0.15) is 0 Å². The Bertz CT molecular complexity index is 676. The van der Waals surface area contributed by atoms with E-state index in [1.165, 1.54) is 14.1 Å². The van der Waals surface area contributed by atoms with E-state index in [0.717, 1.165) is 9.87 Å². The number of sulfonamides is 1. The summed E-state index contributed by atoms with van der Waals surface area (Å²) in [4.78, 5) is 13.9. The summed E-state index contributed by atoms with van der Waals surface area (Å²) in [5.41, 5.74) is 1.01. The zero-order chi connectivity index (χ0) is 17.9. The Morgan fingerprint density at radius 2 is 1.92 bits per heavy atom. The quantitative estimate of drug-likeness (QED) is 0.805. The number of aliphatic hydroxyl groups excluding tert-OH is 1. The second kappa shape index (κ2) is 7.82. The highest BCUT2D eigenvalue weighted by atomic mass is 35.5. The van der Waals surface area contributed by atoms with E-state index in [4.69, 9.17) is 11.6 Å². The summed E-state index contributed by atoms with van der Waals surface area (Å²) >= 11 is 5.83. The van der Waals surface area contributed by atoms with Crippen LogP contribution < -0.4 is 0 Å². The van der Waals surface area contributed by atoms with Crippen LogP contribution in [0, 0.1) is 5.92 Å². The van der Waals surface area contributed by atoms with Crippen molar-refractivity contribution in [1.82, 2.24) is 9.21 Å². The SMILES string of the molecule is CN(C)S(=O)(=O)C[C@@H]1CN(C(=O)CCc2ccc(Cl)cc2)C[C@@H]1O. The van der Waals surface area contributed by atoms with E-state index in [9.17, 15) is 18.3 Å². The fraction of sp³-hybridized carbons (Fsp3) is 0.562. The maximum absolute atomic E-state index is 12.3. The van der Waals surface area contributed by atoms with Crippen molar-refractivity contribution in [3.8, 4) is 0 Å². The van der Waals surface area contributed by atoms with Gasteiger partial charge in [0.2, 0.25) is 15.9 Å². The van der Waals surface area contributed by atoms with Crippen molar-refractivity contribution >= 4 is 27.5 Å². The van der Waals surface area contributed by atoms with E-state index in [1.807, 2.05) is 12.1 Å². The molecule has 2 atom stereocenters. The molecule has 1 saturated heterocycles. The fourth-order valence-electron chi connectivity index (χ4n) is 2.70. The van der Waals surface area contributed by atoms with Crippen LogP contribution >= 0.6 is 11.6 Å². The lowest BCUT2D eigenvalue weighted by Crippen LogP contribution is -2.33. The third-order valence-corrected chi connectivity index (χ3v) is 6.50. The number of amides is 1. The molecule has 134 valence electrons. The first-order valence-electron chi connectivity index (χ1n) is 7.79. The second-order valence-corrected chi connectivity index (χ2v) is 8.98. The van der Waals surface area contributed by atoms with Crippen LogP contribution in [0.5, 0.6) is 0 Å². The number of β-amino-alcohol motifs (C(OH)–C–C–N with tert-alkyl or cyclic N) is 1. The Morgan fingerprint density at radius 3 is 2.50 bits per heavy atom. The molecule has 2 rings (SSSR count). The van der Waals surface area contributed by atoms with E-state index in [1.54, 1.807) is 17.0 Å². The van der Waals surface area contributed by atoms with E-state index in [0.29, 0.717) is 17.9 Å². The predicted octanol–water partition coefficient (Wildman–Crippen LogP) is 0.983. The predicted molar refractivity (Wildman–Crippen MR) is 93.3 cm³/mol. The molecule has 0 bridgehead atoms. The van der Waals surface area contributed by atoms with Crippen molar-refractivity contribution in [3.05, 3.63) is 34.9 Å². The summed E-state index contributed by atoms with van der Waals surface area (Å²) in [6.07, 6.45) is 0.101. The molecular weight excluding hydrogens is 352 g/mol. The Balaban J connectivity index is 1.89. The number of likely N-dealkylation sites (tertiary alicyclic amines) is 1. The molecule has 0 aliphatic carbocycles. The topological polar surface area (TPSA) is 77.9 Å². The standard InChI is InChI=1S/C16H23ClN2O4S/c1-18(2)24(22,23)11-13-9-19(10-15(13)20)16(21)8-5-12-3-6-14(17)7-4-12/h3-4,6-7,13,15,20H,5,8-11H2,1-2H3/t13-,15-/m0/s1. The van der Waals surface area contributed by atoms with Gasteiger partial charge in [-0.3, -0.25) is 4.79 Å². The average Bonchev–Trinajstić information content (AvgIpc) is 2.87. The van der Waals surface area contributed by atoms with E-state index in [-0.39, 0.29) is 24.7 Å². The van der Waals surface area contributed by atoms with Gasteiger partial charge >= 0.3 is 0 Å². The monoisotopic (exact) mass is 374 g/mol. The molecule has 1 aromatic carbocycles. The number of rotatable bonds is 6. The summed E-state index contributed by atoms with van der Waals surface area (Å²) < 4.78 is 25.0. The molecule has 1 fully saturated rings. The lowest BCUT2D eigenvalue weighted by molar-refractivity contribution is -0.130. The maximum atomic E-state index is 12.3. The number of carbonyl (C=O) groups excluding carboxylic acids is 1. The molecule has 24 heavy (non-hydrogen) atoms. The molecule has 1 aliphatic heterocycles. The highest BCUT2D eigenvalue weighted by molar-refractivity contribution is 7.89. The molecule has 8 heteroatoms. The number of aliphatic hydroxyl groups is 1. The minimum atomic E-state index is -3.40. The molecule has 0 spiro atoms. The van der Waals surface area contributed by atoms with Gasteiger partial charge in [0.1, 0.15) is 0 Å². The van der Waals surface area contributed by atoms with Crippen LogP contribution in [0.2, 0.25) is 5.02 Å². The molecule has 0 saturated carbocycles. The van der Waals surface area contributed by atoms with Gasteiger partial charge in [0.05, 0.1) is 11.9 Å². The summed E-state index contributed by atoms with van der Waals surface area (Å²) in [7, 11) is -0.472. The summed E-state index contributed by atoms with van der Waals surface area (Å²) in [6.45, 7) is 0.459. The molecule has 1 aliphatic rings. The molecule has 1 amide bonds. The highest BCUT2D eigenvalue weighted by Crippen LogP contribution is 2.21. The van der Waals surface area contributed by atoms with Crippen LogP contribution in [-0.2, 0) is 21.2 Å². The van der Waals surface area contributed by atoms with Gasteiger partial charge in [-0.05, 0) is 24.1 Å². The van der Waals surface area contributed by atoms with Crippen LogP contribution in [0.25, 0.3) is 0 Å². The highest BCUT2D eigenvalue weighted by Gasteiger charge is 2.37. The molecule has 0 unspecified atom stereocenters. The fourth-order valence-corrected chi connectivity index (χ4v) is 3.99. The Hall–Kier alpha value is -1.15. The van der Waals surface area contributed by atoms with Gasteiger partial charge in [0.15, 0.2) is 0 Å². The number of aryl methyl sites for hydroxylation is 1. The molecule has 6 nitrogen and oxygen atoms in total. The first-order valence-corrected chi connectivity index (χ1v) is 9.78. The van der Waals surface area contributed by atoms with E-state index < -0.39 is 22.0 Å². The van der Waals surface area contributed by atoms with Gasteiger partial charge in [0.25, 0.3) is 0 Å². The van der Waals surface area contributed by atoms with Gasteiger partial charge in [-0.15, -0.1) is 0 Å². The number of carbonyl (C=O) groups is 1. The molecule has 0 aromatic heterocycles. The summed E-state index contributed by atoms with van der Waals surface area (Å²) in [6, 6.07) is 7.31. The van der Waals surface area contributed by atoms with Crippen LogP contribution in [0.3, 0.4) is 0 Å². The van der Waals surface area contributed by atoms with Crippen molar-refractivity contribution in [2.45, 2.75) is 18.9 Å². The van der Waals surface area contributed by atoms with Crippen LogP contribution in [-0.4, -0.2) is 67.7 Å². The van der Waals surface area contributed by atoms with Gasteiger partial charge in [-0.1, -0.05) is 23.7 Å². The lowest BCUT2D eigenvalue weighted by atomic mass is 10.1. The smallest absolute Gasteiger partial charge is 0.223 e. The zero-order valence-electron chi connectivity index (χ0n) is 13.9. The van der Waals surface area contributed by atoms with Gasteiger partial charge in [-0.25, -0.2) is 12.7 Å². The van der Waals surface area contributed by atoms with Gasteiger partial charge in [0, 0.05) is 44.5 Å². The first kappa shape index (κ1) is 19.2. The van der Waals surface area contributed by atoms with Gasteiger partial charge < -0.3 is 10.0 Å². The number of hydrogen-bond donors (Lipinski definition) is 1. The average molecular weight is 375 g/mol. The first-order chi connectivity index (χ1) is 11.2. The minimum absolute atomic E-state index is 0.0752. The van der Waals surface area contributed by atoms with Crippen molar-refractivity contribution in [3.63, 3.8) is 0 Å². The molecule has 1 N–H and O–H groups in total. The van der Waals surface area contributed by atoms with E-state index >= 15 is 0 Å². The molecular formula is C16H23ClN2O4S. The van der Waals surface area contributed by atoms with Crippen molar-refractivity contribution in [2.24, 2.45) is 5.92 Å². The second-order valence-electron chi connectivity index (χ2n) is 6.31. The Kier molecular flexibility index (Phi) is 6.25. The summed E-state index contributed by atoms with van der Waals surface area (Å²) in [5, 5.41) is 10.7. The van der Waals surface area contributed by atoms with Crippen molar-refractivity contribution in [2.75, 3.05) is 32.9 Å². The molecule has 1 heterocycles. The van der Waals surface area contributed by atoms with Crippen molar-refractivity contribution in [1.29, 1.82) is 0 Å². The lowest BCUT2D eigenvalue weighted by Gasteiger charge is -2.18. The molecule has 1 aromatic rings. The third-order valence-electron chi connectivity index (χ3n) is 4.28. The zero-order valence-corrected chi connectivity index (χ0v) is 15.4. The number of halogens is 1.